The highest BCUT2D eigenvalue weighted by Crippen LogP contribution is 2.56. The average Bonchev–Trinajstić information content (AvgIpc) is 2.91. The highest BCUT2D eigenvalue weighted by molar-refractivity contribution is 5.79. The number of amides is 1. The molecule has 1 aliphatic heterocycles. The van der Waals surface area contributed by atoms with Crippen LogP contribution in [0, 0.1) is 17.3 Å². The molecule has 2 saturated carbocycles. The Morgan fingerprint density at radius 1 is 1.38 bits per heavy atom. The summed E-state index contributed by atoms with van der Waals surface area (Å²) >= 11 is 0. The molecule has 0 radical (unpaired) electrons. The van der Waals surface area contributed by atoms with E-state index in [0.717, 1.165) is 26.1 Å². The first kappa shape index (κ1) is 15.3. The Balaban J connectivity index is 1.66. The van der Waals surface area contributed by atoms with E-state index in [1.54, 1.807) is 0 Å². The number of rotatable bonds is 5. The number of hydrogen-bond acceptors (Lipinski definition) is 3. The minimum Gasteiger partial charge on any atom is -0.378 e. The van der Waals surface area contributed by atoms with Crippen LogP contribution in [0.25, 0.3) is 0 Å². The lowest BCUT2D eigenvalue weighted by molar-refractivity contribution is -0.175. The third kappa shape index (κ3) is 2.40. The fourth-order valence-corrected chi connectivity index (χ4v) is 4.73. The average molecular weight is 294 g/mol. The van der Waals surface area contributed by atoms with Crippen molar-refractivity contribution < 1.29 is 9.53 Å². The standard InChI is InChI=1S/C17H30N2O2/c1-4-21-15-9-14(17(15)7-5-6-8-17)19(3)16(20)12(2)13-10-18-11-13/h12-15,18H,4-11H2,1-3H3. The monoisotopic (exact) mass is 294 g/mol. The maximum atomic E-state index is 12.8. The minimum atomic E-state index is 0.154. The number of carbonyl (C=O) groups is 1. The van der Waals surface area contributed by atoms with Crippen molar-refractivity contribution in [3.63, 3.8) is 0 Å². The van der Waals surface area contributed by atoms with E-state index >= 15 is 0 Å². The van der Waals surface area contributed by atoms with E-state index in [1.807, 2.05) is 7.05 Å². The number of ether oxygens (including phenoxy) is 1. The second kappa shape index (κ2) is 5.88. The zero-order chi connectivity index (χ0) is 15.0. The van der Waals surface area contributed by atoms with Gasteiger partial charge < -0.3 is 15.0 Å². The van der Waals surface area contributed by atoms with Crippen LogP contribution in [0.15, 0.2) is 0 Å². The second-order valence-corrected chi connectivity index (χ2v) is 7.29. The van der Waals surface area contributed by atoms with Gasteiger partial charge in [-0.3, -0.25) is 4.79 Å². The summed E-state index contributed by atoms with van der Waals surface area (Å²) in [6.07, 6.45) is 6.48. The van der Waals surface area contributed by atoms with Crippen LogP contribution in [-0.4, -0.2) is 49.7 Å². The molecule has 2 aliphatic carbocycles. The Kier molecular flexibility index (Phi) is 4.28. The first-order valence-corrected chi connectivity index (χ1v) is 8.69. The predicted molar refractivity (Wildman–Crippen MR) is 83.0 cm³/mol. The number of nitrogens with zero attached hydrogens (tertiary/aromatic N) is 1. The molecule has 3 aliphatic rings. The van der Waals surface area contributed by atoms with Gasteiger partial charge in [-0.2, -0.15) is 0 Å². The van der Waals surface area contributed by atoms with Gasteiger partial charge in [0.1, 0.15) is 0 Å². The molecule has 120 valence electrons. The van der Waals surface area contributed by atoms with E-state index in [9.17, 15) is 4.79 Å². The largest absolute Gasteiger partial charge is 0.378 e. The zero-order valence-corrected chi connectivity index (χ0v) is 13.7. The van der Waals surface area contributed by atoms with Crippen LogP contribution in [-0.2, 0) is 9.53 Å². The topological polar surface area (TPSA) is 41.6 Å². The summed E-state index contributed by atoms with van der Waals surface area (Å²) in [5.74, 6) is 1.02. The van der Waals surface area contributed by atoms with Crippen LogP contribution in [0.2, 0.25) is 0 Å². The lowest BCUT2D eigenvalue weighted by Crippen LogP contribution is -2.65. The third-order valence-corrected chi connectivity index (χ3v) is 6.37. The van der Waals surface area contributed by atoms with Gasteiger partial charge in [-0.05, 0) is 45.2 Å². The van der Waals surface area contributed by atoms with Crippen molar-refractivity contribution in [3.8, 4) is 0 Å². The molecule has 0 aromatic heterocycles. The van der Waals surface area contributed by atoms with Crippen LogP contribution >= 0.6 is 0 Å². The van der Waals surface area contributed by atoms with E-state index < -0.39 is 0 Å². The minimum absolute atomic E-state index is 0.154. The maximum Gasteiger partial charge on any atom is 0.225 e. The molecule has 0 bridgehead atoms. The Morgan fingerprint density at radius 2 is 2.05 bits per heavy atom. The number of hydrogen-bond donors (Lipinski definition) is 1. The Hall–Kier alpha value is -0.610. The molecular weight excluding hydrogens is 264 g/mol. The summed E-state index contributed by atoms with van der Waals surface area (Å²) in [4.78, 5) is 14.8. The molecule has 21 heavy (non-hydrogen) atoms. The van der Waals surface area contributed by atoms with Gasteiger partial charge in [0.05, 0.1) is 6.10 Å². The molecule has 4 nitrogen and oxygen atoms in total. The molecule has 1 N–H and O–H groups in total. The summed E-state index contributed by atoms with van der Waals surface area (Å²) in [5.41, 5.74) is 0.262. The normalized spacial score (nSPS) is 32.5. The van der Waals surface area contributed by atoms with Gasteiger partial charge in [0, 0.05) is 31.0 Å². The zero-order valence-electron chi connectivity index (χ0n) is 13.7. The summed E-state index contributed by atoms with van der Waals surface area (Å²) in [6.45, 7) is 6.97. The second-order valence-electron chi connectivity index (χ2n) is 7.29. The maximum absolute atomic E-state index is 12.8. The smallest absolute Gasteiger partial charge is 0.225 e. The number of carbonyl (C=O) groups excluding carboxylic acids is 1. The van der Waals surface area contributed by atoms with E-state index in [4.69, 9.17) is 4.74 Å². The molecule has 1 saturated heterocycles. The van der Waals surface area contributed by atoms with Crippen molar-refractivity contribution in [2.45, 2.75) is 58.1 Å². The lowest BCUT2D eigenvalue weighted by Gasteiger charge is -2.57. The van der Waals surface area contributed by atoms with Gasteiger partial charge in [0.25, 0.3) is 0 Å². The fourth-order valence-electron chi connectivity index (χ4n) is 4.73. The molecule has 3 atom stereocenters. The molecular formula is C17H30N2O2. The van der Waals surface area contributed by atoms with Crippen molar-refractivity contribution in [3.05, 3.63) is 0 Å². The SMILES string of the molecule is CCOC1CC(N(C)C(=O)C(C)C2CNC2)C12CCCC2. The predicted octanol–water partition coefficient (Wildman–Crippen LogP) is 2.04. The molecule has 0 aromatic carbocycles. The molecule has 3 fully saturated rings. The van der Waals surface area contributed by atoms with E-state index in [-0.39, 0.29) is 11.3 Å². The first-order chi connectivity index (χ1) is 10.1. The Labute approximate surface area is 128 Å². The van der Waals surface area contributed by atoms with E-state index in [0.29, 0.717) is 24.0 Å². The van der Waals surface area contributed by atoms with Crippen LogP contribution in [0.1, 0.15) is 46.0 Å². The Morgan fingerprint density at radius 3 is 2.57 bits per heavy atom. The molecule has 1 heterocycles. The highest BCUT2D eigenvalue weighted by atomic mass is 16.5. The summed E-state index contributed by atoms with van der Waals surface area (Å²) < 4.78 is 5.97. The molecule has 3 rings (SSSR count). The molecule has 3 unspecified atom stereocenters. The van der Waals surface area contributed by atoms with Gasteiger partial charge in [0.15, 0.2) is 0 Å². The van der Waals surface area contributed by atoms with Gasteiger partial charge >= 0.3 is 0 Å². The van der Waals surface area contributed by atoms with Gasteiger partial charge in [0.2, 0.25) is 5.91 Å². The fraction of sp³-hybridized carbons (Fsp3) is 0.941. The van der Waals surface area contributed by atoms with Gasteiger partial charge in [-0.15, -0.1) is 0 Å². The van der Waals surface area contributed by atoms with Gasteiger partial charge in [-0.25, -0.2) is 0 Å². The molecule has 4 heteroatoms. The summed E-state index contributed by atoms with van der Waals surface area (Å²) in [6, 6.07) is 0.402. The Bertz CT molecular complexity index is 388. The number of nitrogens with one attached hydrogen (secondary N) is 1. The van der Waals surface area contributed by atoms with E-state index in [2.05, 4.69) is 24.1 Å². The van der Waals surface area contributed by atoms with Crippen molar-refractivity contribution in [2.24, 2.45) is 17.3 Å². The lowest BCUT2D eigenvalue weighted by atomic mass is 9.60. The highest BCUT2D eigenvalue weighted by Gasteiger charge is 2.59. The van der Waals surface area contributed by atoms with Crippen molar-refractivity contribution in [1.82, 2.24) is 10.2 Å². The van der Waals surface area contributed by atoms with Crippen molar-refractivity contribution in [2.75, 3.05) is 26.7 Å². The van der Waals surface area contributed by atoms with E-state index in [1.165, 1.54) is 25.7 Å². The molecule has 1 amide bonds. The molecule has 0 aromatic rings. The first-order valence-electron chi connectivity index (χ1n) is 8.69. The quantitative estimate of drug-likeness (QED) is 0.843. The van der Waals surface area contributed by atoms with Crippen LogP contribution in [0.3, 0.4) is 0 Å². The summed E-state index contributed by atoms with van der Waals surface area (Å²) in [5, 5.41) is 3.27. The summed E-state index contributed by atoms with van der Waals surface area (Å²) in [7, 11) is 2.03. The van der Waals surface area contributed by atoms with Crippen LogP contribution in [0.5, 0.6) is 0 Å². The van der Waals surface area contributed by atoms with Crippen molar-refractivity contribution in [1.29, 1.82) is 0 Å². The van der Waals surface area contributed by atoms with Crippen molar-refractivity contribution >= 4 is 5.91 Å². The molecule has 1 spiro atoms. The third-order valence-electron chi connectivity index (χ3n) is 6.37. The van der Waals surface area contributed by atoms with Gasteiger partial charge in [-0.1, -0.05) is 19.8 Å². The van der Waals surface area contributed by atoms with Crippen LogP contribution < -0.4 is 5.32 Å². The van der Waals surface area contributed by atoms with Crippen LogP contribution in [0.4, 0.5) is 0 Å².